The van der Waals surface area contributed by atoms with Crippen LogP contribution in [0.1, 0.15) is 32.5 Å². The van der Waals surface area contributed by atoms with Crippen molar-refractivity contribution in [3.05, 3.63) is 5.82 Å². The minimum absolute atomic E-state index is 0.727. The number of rotatable bonds is 6. The number of anilines is 2. The summed E-state index contributed by atoms with van der Waals surface area (Å²) in [5.74, 6) is 2.30. The average molecular weight is 237 g/mol. The Morgan fingerprint density at radius 2 is 1.41 bits per heavy atom. The predicted molar refractivity (Wildman–Crippen MR) is 71.7 cm³/mol. The molecule has 1 aromatic rings. The van der Waals surface area contributed by atoms with Crippen LogP contribution in [-0.4, -0.2) is 42.1 Å². The van der Waals surface area contributed by atoms with Crippen molar-refractivity contribution in [2.24, 2.45) is 0 Å². The summed E-state index contributed by atoms with van der Waals surface area (Å²) < 4.78 is 0. The van der Waals surface area contributed by atoms with Gasteiger partial charge in [0.05, 0.1) is 0 Å². The molecule has 0 saturated heterocycles. The van der Waals surface area contributed by atoms with E-state index < -0.39 is 0 Å². The Kier molecular flexibility index (Phi) is 5.12. The van der Waals surface area contributed by atoms with E-state index in [0.29, 0.717) is 0 Å². The molecule has 5 nitrogen and oxygen atoms in total. The van der Waals surface area contributed by atoms with Crippen LogP contribution in [0.15, 0.2) is 0 Å². The van der Waals surface area contributed by atoms with Gasteiger partial charge in [0.15, 0.2) is 0 Å². The van der Waals surface area contributed by atoms with E-state index in [0.717, 1.165) is 43.7 Å². The molecule has 0 atom stereocenters. The third-order valence-corrected chi connectivity index (χ3v) is 2.39. The monoisotopic (exact) mass is 237 g/mol. The zero-order chi connectivity index (χ0) is 12.8. The second kappa shape index (κ2) is 6.37. The SMILES string of the molecule is CCCN(CCC)c1nc(C)nc(N(C)C)n1. The van der Waals surface area contributed by atoms with Crippen molar-refractivity contribution in [2.75, 3.05) is 37.0 Å². The molecule has 1 heterocycles. The zero-order valence-electron chi connectivity index (χ0n) is 11.6. The lowest BCUT2D eigenvalue weighted by Crippen LogP contribution is -2.28. The summed E-state index contributed by atoms with van der Waals surface area (Å²) in [5.41, 5.74) is 0. The molecule has 0 N–H and O–H groups in total. The van der Waals surface area contributed by atoms with Gasteiger partial charge < -0.3 is 9.80 Å². The Balaban J connectivity index is 3.00. The largest absolute Gasteiger partial charge is 0.347 e. The second-order valence-electron chi connectivity index (χ2n) is 4.36. The van der Waals surface area contributed by atoms with E-state index in [2.05, 4.69) is 33.7 Å². The topological polar surface area (TPSA) is 45.2 Å². The van der Waals surface area contributed by atoms with Gasteiger partial charge in [0.2, 0.25) is 11.9 Å². The van der Waals surface area contributed by atoms with Crippen LogP contribution in [0.5, 0.6) is 0 Å². The van der Waals surface area contributed by atoms with Gasteiger partial charge in [0, 0.05) is 27.2 Å². The summed E-state index contributed by atoms with van der Waals surface area (Å²) in [4.78, 5) is 17.4. The zero-order valence-corrected chi connectivity index (χ0v) is 11.6. The molecule has 96 valence electrons. The molecule has 0 aliphatic rings. The quantitative estimate of drug-likeness (QED) is 0.756. The van der Waals surface area contributed by atoms with Crippen molar-refractivity contribution in [1.29, 1.82) is 0 Å². The van der Waals surface area contributed by atoms with Crippen LogP contribution < -0.4 is 9.80 Å². The normalized spacial score (nSPS) is 10.4. The highest BCUT2D eigenvalue weighted by Crippen LogP contribution is 2.13. The average Bonchev–Trinajstić information content (AvgIpc) is 2.28. The van der Waals surface area contributed by atoms with Crippen LogP contribution in [0.2, 0.25) is 0 Å². The smallest absolute Gasteiger partial charge is 0.230 e. The molecule has 0 aliphatic carbocycles. The lowest BCUT2D eigenvalue weighted by molar-refractivity contribution is 0.712. The van der Waals surface area contributed by atoms with Crippen molar-refractivity contribution in [3.63, 3.8) is 0 Å². The minimum atomic E-state index is 0.727. The van der Waals surface area contributed by atoms with Crippen LogP contribution in [0.25, 0.3) is 0 Å². The molecule has 1 aromatic heterocycles. The summed E-state index contributed by atoms with van der Waals surface area (Å²) >= 11 is 0. The molecule has 0 radical (unpaired) electrons. The molecular weight excluding hydrogens is 214 g/mol. The lowest BCUT2D eigenvalue weighted by Gasteiger charge is -2.22. The van der Waals surface area contributed by atoms with Crippen LogP contribution in [-0.2, 0) is 0 Å². The maximum atomic E-state index is 4.50. The molecule has 0 spiro atoms. The van der Waals surface area contributed by atoms with Crippen molar-refractivity contribution < 1.29 is 0 Å². The predicted octanol–water partition coefficient (Wildman–Crippen LogP) is 1.87. The summed E-state index contributed by atoms with van der Waals surface area (Å²) in [6.45, 7) is 8.23. The first-order valence-electron chi connectivity index (χ1n) is 6.23. The highest BCUT2D eigenvalue weighted by Gasteiger charge is 2.11. The Morgan fingerprint density at radius 1 is 0.882 bits per heavy atom. The van der Waals surface area contributed by atoms with E-state index in [1.807, 2.05) is 25.9 Å². The van der Waals surface area contributed by atoms with E-state index in [1.165, 1.54) is 0 Å². The van der Waals surface area contributed by atoms with Crippen LogP contribution >= 0.6 is 0 Å². The van der Waals surface area contributed by atoms with Crippen LogP contribution in [0.3, 0.4) is 0 Å². The van der Waals surface area contributed by atoms with E-state index >= 15 is 0 Å². The fourth-order valence-electron chi connectivity index (χ4n) is 1.65. The Bertz CT molecular complexity index is 345. The van der Waals surface area contributed by atoms with Gasteiger partial charge in [-0.1, -0.05) is 13.8 Å². The van der Waals surface area contributed by atoms with E-state index in [9.17, 15) is 0 Å². The van der Waals surface area contributed by atoms with Gasteiger partial charge >= 0.3 is 0 Å². The Hall–Kier alpha value is -1.39. The highest BCUT2D eigenvalue weighted by molar-refractivity contribution is 5.37. The number of aryl methyl sites for hydroxylation is 1. The van der Waals surface area contributed by atoms with E-state index in [4.69, 9.17) is 0 Å². The number of hydrogen-bond donors (Lipinski definition) is 0. The molecule has 0 unspecified atom stereocenters. The number of aromatic nitrogens is 3. The number of nitrogens with zero attached hydrogens (tertiary/aromatic N) is 5. The van der Waals surface area contributed by atoms with Gasteiger partial charge in [0.1, 0.15) is 5.82 Å². The molecule has 0 amide bonds. The number of hydrogen-bond acceptors (Lipinski definition) is 5. The molecule has 0 aromatic carbocycles. The first kappa shape index (κ1) is 13.7. The van der Waals surface area contributed by atoms with Crippen molar-refractivity contribution in [2.45, 2.75) is 33.6 Å². The maximum absolute atomic E-state index is 4.50. The van der Waals surface area contributed by atoms with Crippen LogP contribution in [0, 0.1) is 6.92 Å². The second-order valence-corrected chi connectivity index (χ2v) is 4.36. The van der Waals surface area contributed by atoms with Gasteiger partial charge in [-0.15, -0.1) is 0 Å². The molecule has 1 rings (SSSR count). The van der Waals surface area contributed by atoms with Crippen molar-refractivity contribution in [3.8, 4) is 0 Å². The Labute approximate surface area is 104 Å². The standard InChI is InChI=1S/C12H23N5/c1-6-8-17(9-7-2)12-14-10(3)13-11(15-12)16(4)5/h6-9H2,1-5H3. The molecule has 0 bridgehead atoms. The lowest BCUT2D eigenvalue weighted by atomic mass is 10.4. The van der Waals surface area contributed by atoms with Crippen molar-refractivity contribution >= 4 is 11.9 Å². The summed E-state index contributed by atoms with van der Waals surface area (Å²) in [6.07, 6.45) is 2.20. The fourth-order valence-corrected chi connectivity index (χ4v) is 1.65. The summed E-state index contributed by atoms with van der Waals surface area (Å²) in [5, 5.41) is 0. The summed E-state index contributed by atoms with van der Waals surface area (Å²) in [6, 6.07) is 0. The summed E-state index contributed by atoms with van der Waals surface area (Å²) in [7, 11) is 3.89. The first-order valence-corrected chi connectivity index (χ1v) is 6.23. The Morgan fingerprint density at radius 3 is 1.88 bits per heavy atom. The minimum Gasteiger partial charge on any atom is -0.347 e. The maximum Gasteiger partial charge on any atom is 0.230 e. The third-order valence-electron chi connectivity index (χ3n) is 2.39. The van der Waals surface area contributed by atoms with Gasteiger partial charge in [-0.2, -0.15) is 15.0 Å². The van der Waals surface area contributed by atoms with Gasteiger partial charge in [-0.25, -0.2) is 0 Å². The molecule has 0 fully saturated rings. The highest BCUT2D eigenvalue weighted by atomic mass is 15.3. The third kappa shape index (κ3) is 3.84. The first-order chi connectivity index (χ1) is 8.08. The van der Waals surface area contributed by atoms with Crippen LogP contribution in [0.4, 0.5) is 11.9 Å². The molecule has 0 saturated carbocycles. The van der Waals surface area contributed by atoms with Gasteiger partial charge in [-0.05, 0) is 19.8 Å². The van der Waals surface area contributed by atoms with Gasteiger partial charge in [0.25, 0.3) is 0 Å². The fraction of sp³-hybridized carbons (Fsp3) is 0.750. The molecule has 0 aliphatic heterocycles. The molecular formula is C12H23N5. The van der Waals surface area contributed by atoms with Gasteiger partial charge in [-0.3, -0.25) is 0 Å². The molecule has 5 heteroatoms. The van der Waals surface area contributed by atoms with E-state index in [1.54, 1.807) is 0 Å². The van der Waals surface area contributed by atoms with Crippen molar-refractivity contribution in [1.82, 2.24) is 15.0 Å². The molecule has 17 heavy (non-hydrogen) atoms. The van der Waals surface area contributed by atoms with E-state index in [-0.39, 0.29) is 0 Å².